The van der Waals surface area contributed by atoms with Crippen LogP contribution in [0.5, 0.6) is 0 Å². The summed E-state index contributed by atoms with van der Waals surface area (Å²) in [6, 6.07) is 0. The molecule has 0 amide bonds. The zero-order valence-electron chi connectivity index (χ0n) is 7.95. The molecule has 0 aliphatic carbocycles. The van der Waals surface area contributed by atoms with E-state index in [-0.39, 0.29) is 0 Å². The molecule has 0 bridgehead atoms. The number of hydrogen-bond donors (Lipinski definition) is 0. The first-order valence-corrected chi connectivity index (χ1v) is 5.11. The van der Waals surface area contributed by atoms with Gasteiger partial charge in [-0.2, -0.15) is 0 Å². The van der Waals surface area contributed by atoms with Crippen LogP contribution in [0, 0.1) is 0 Å². The van der Waals surface area contributed by atoms with Gasteiger partial charge in [0.05, 0.1) is 0 Å². The molecule has 70 valence electrons. The van der Waals surface area contributed by atoms with Gasteiger partial charge in [-0.05, 0) is 31.8 Å². The van der Waals surface area contributed by atoms with E-state index in [1.54, 1.807) is 0 Å². The van der Waals surface area contributed by atoms with Crippen LogP contribution in [-0.2, 0) is 0 Å². The maximum Gasteiger partial charge on any atom is 0.128 e. The molecular formula is C11H16N2. The van der Waals surface area contributed by atoms with Gasteiger partial charge in [-0.1, -0.05) is 12.2 Å². The van der Waals surface area contributed by atoms with E-state index >= 15 is 0 Å². The summed E-state index contributed by atoms with van der Waals surface area (Å²) in [6.07, 6.45) is 13.4. The van der Waals surface area contributed by atoms with Gasteiger partial charge in [0, 0.05) is 19.3 Å². The fraction of sp³-hybridized carbons (Fsp3) is 0.545. The van der Waals surface area contributed by atoms with Gasteiger partial charge < -0.3 is 4.90 Å². The quantitative estimate of drug-likeness (QED) is 0.553. The van der Waals surface area contributed by atoms with E-state index in [0.29, 0.717) is 0 Å². The molecule has 2 heterocycles. The molecule has 2 nitrogen and oxygen atoms in total. The van der Waals surface area contributed by atoms with Gasteiger partial charge in [0.25, 0.3) is 0 Å². The molecule has 1 fully saturated rings. The number of rotatable bonds is 0. The fourth-order valence-electron chi connectivity index (χ4n) is 1.80. The summed E-state index contributed by atoms with van der Waals surface area (Å²) in [6.45, 7) is 2.36. The van der Waals surface area contributed by atoms with Gasteiger partial charge in [-0.15, -0.1) is 0 Å². The Bertz CT molecular complexity index is 245. The highest BCUT2D eigenvalue weighted by Gasteiger charge is 2.12. The van der Waals surface area contributed by atoms with E-state index in [9.17, 15) is 0 Å². The Labute approximate surface area is 79.7 Å². The monoisotopic (exact) mass is 176 g/mol. The van der Waals surface area contributed by atoms with Crippen molar-refractivity contribution in [2.45, 2.75) is 25.7 Å². The standard InChI is InChI=1S/C11H16N2/c1-3-7-11(12-8-4-1)13-9-5-2-6-10-13/h3-4,7-8H,1-2,5-6,9-10H2. The first-order chi connectivity index (χ1) is 6.47. The van der Waals surface area contributed by atoms with Gasteiger partial charge in [-0.25, -0.2) is 4.99 Å². The maximum atomic E-state index is 4.42. The molecule has 2 heteroatoms. The lowest BCUT2D eigenvalue weighted by molar-refractivity contribution is 0.344. The molecule has 0 atom stereocenters. The molecule has 0 spiro atoms. The van der Waals surface area contributed by atoms with Crippen LogP contribution in [0.1, 0.15) is 25.7 Å². The van der Waals surface area contributed by atoms with Crippen molar-refractivity contribution in [3.05, 3.63) is 24.4 Å². The number of nitrogens with zero attached hydrogens (tertiary/aromatic N) is 2. The van der Waals surface area contributed by atoms with Crippen LogP contribution < -0.4 is 0 Å². The fourth-order valence-corrected chi connectivity index (χ4v) is 1.80. The largest absolute Gasteiger partial charge is 0.357 e. The van der Waals surface area contributed by atoms with Crippen LogP contribution in [0.25, 0.3) is 0 Å². The Morgan fingerprint density at radius 2 is 1.92 bits per heavy atom. The second-order valence-electron chi connectivity index (χ2n) is 3.56. The van der Waals surface area contributed by atoms with Gasteiger partial charge in [-0.3, -0.25) is 0 Å². The van der Waals surface area contributed by atoms with Crippen molar-refractivity contribution < 1.29 is 0 Å². The molecule has 2 aliphatic heterocycles. The lowest BCUT2D eigenvalue weighted by Gasteiger charge is -2.28. The molecule has 0 aromatic heterocycles. The van der Waals surface area contributed by atoms with Crippen LogP contribution in [0.2, 0.25) is 0 Å². The first kappa shape index (κ1) is 8.54. The second kappa shape index (κ2) is 4.26. The molecule has 13 heavy (non-hydrogen) atoms. The van der Waals surface area contributed by atoms with E-state index in [1.165, 1.54) is 32.4 Å². The van der Waals surface area contributed by atoms with Crippen molar-refractivity contribution >= 4 is 5.84 Å². The summed E-state index contributed by atoms with van der Waals surface area (Å²) in [7, 11) is 0. The summed E-state index contributed by atoms with van der Waals surface area (Å²) in [5.74, 6) is 1.15. The number of hydrogen-bond acceptors (Lipinski definition) is 2. The highest BCUT2D eigenvalue weighted by molar-refractivity contribution is 5.93. The van der Waals surface area contributed by atoms with E-state index in [2.05, 4.69) is 28.1 Å². The zero-order chi connectivity index (χ0) is 8.93. The van der Waals surface area contributed by atoms with Gasteiger partial charge in [0.1, 0.15) is 5.84 Å². The molecule has 0 radical (unpaired) electrons. The third kappa shape index (κ3) is 2.20. The number of allylic oxidation sites excluding steroid dienone is 2. The van der Waals surface area contributed by atoms with Gasteiger partial charge >= 0.3 is 0 Å². The summed E-state index contributed by atoms with van der Waals surface area (Å²) >= 11 is 0. The molecule has 0 saturated carbocycles. The average Bonchev–Trinajstić information content (AvgIpc) is 2.47. The third-order valence-electron chi connectivity index (χ3n) is 2.53. The maximum absolute atomic E-state index is 4.42. The Morgan fingerprint density at radius 3 is 2.77 bits per heavy atom. The Balaban J connectivity index is 2.05. The van der Waals surface area contributed by atoms with Crippen LogP contribution in [0.15, 0.2) is 29.4 Å². The van der Waals surface area contributed by atoms with Crippen LogP contribution in [0.3, 0.4) is 0 Å². The molecule has 2 aliphatic rings. The SMILES string of the molecule is C1=CN=C(N2CCCCC2)C=CC1. The first-order valence-electron chi connectivity index (χ1n) is 5.11. The molecule has 0 unspecified atom stereocenters. The van der Waals surface area contributed by atoms with E-state index in [4.69, 9.17) is 0 Å². The molecule has 0 aromatic carbocycles. The minimum Gasteiger partial charge on any atom is -0.357 e. The summed E-state index contributed by atoms with van der Waals surface area (Å²) in [5.41, 5.74) is 0. The third-order valence-corrected chi connectivity index (χ3v) is 2.53. The highest BCUT2D eigenvalue weighted by Crippen LogP contribution is 2.11. The van der Waals surface area contributed by atoms with Crippen LogP contribution in [-0.4, -0.2) is 23.8 Å². The van der Waals surface area contributed by atoms with Crippen molar-refractivity contribution in [3.8, 4) is 0 Å². The van der Waals surface area contributed by atoms with Gasteiger partial charge in [0.15, 0.2) is 0 Å². The predicted octanol–water partition coefficient (Wildman–Crippen LogP) is 2.34. The molecule has 0 N–H and O–H groups in total. The minimum atomic E-state index is 1.01. The van der Waals surface area contributed by atoms with Crippen molar-refractivity contribution in [2.75, 3.05) is 13.1 Å². The van der Waals surface area contributed by atoms with E-state index < -0.39 is 0 Å². The van der Waals surface area contributed by atoms with Crippen molar-refractivity contribution in [3.63, 3.8) is 0 Å². The number of piperidine rings is 1. The molecule has 2 rings (SSSR count). The Kier molecular flexibility index (Phi) is 2.80. The topological polar surface area (TPSA) is 15.6 Å². The van der Waals surface area contributed by atoms with Crippen LogP contribution >= 0.6 is 0 Å². The number of aliphatic imine (C=N–C) groups is 1. The normalized spacial score (nSPS) is 22.8. The Hall–Kier alpha value is -1.05. The number of likely N-dealkylation sites (tertiary alicyclic amines) is 1. The molecule has 0 aromatic rings. The highest BCUT2D eigenvalue weighted by atomic mass is 15.2. The smallest absolute Gasteiger partial charge is 0.128 e. The van der Waals surface area contributed by atoms with Crippen LogP contribution in [0.4, 0.5) is 0 Å². The summed E-state index contributed by atoms with van der Waals surface area (Å²) < 4.78 is 0. The van der Waals surface area contributed by atoms with Gasteiger partial charge in [0.2, 0.25) is 0 Å². The van der Waals surface area contributed by atoms with Crippen molar-refractivity contribution in [1.29, 1.82) is 0 Å². The summed E-state index contributed by atoms with van der Waals surface area (Å²) in [4.78, 5) is 6.81. The number of amidine groups is 1. The average molecular weight is 176 g/mol. The van der Waals surface area contributed by atoms with Crippen molar-refractivity contribution in [1.82, 2.24) is 4.90 Å². The molecule has 1 saturated heterocycles. The Morgan fingerprint density at radius 1 is 1.08 bits per heavy atom. The summed E-state index contributed by atoms with van der Waals surface area (Å²) in [5, 5.41) is 0. The zero-order valence-corrected chi connectivity index (χ0v) is 7.95. The van der Waals surface area contributed by atoms with Crippen molar-refractivity contribution in [2.24, 2.45) is 4.99 Å². The lowest BCUT2D eigenvalue weighted by atomic mass is 10.1. The van der Waals surface area contributed by atoms with E-state index in [0.717, 1.165) is 12.3 Å². The van der Waals surface area contributed by atoms with E-state index in [1.807, 2.05) is 6.20 Å². The second-order valence-corrected chi connectivity index (χ2v) is 3.56. The predicted molar refractivity (Wildman–Crippen MR) is 55.8 cm³/mol. The lowest BCUT2D eigenvalue weighted by Crippen LogP contribution is -2.34. The molecular weight excluding hydrogens is 160 g/mol. The minimum absolute atomic E-state index is 1.01.